The highest BCUT2D eigenvalue weighted by atomic mass is 16.5. The Balaban J connectivity index is 1.49. The Labute approximate surface area is 174 Å². The third-order valence-corrected chi connectivity index (χ3v) is 6.28. The number of methoxy groups -OCH3 is 1. The highest BCUT2D eigenvalue weighted by Crippen LogP contribution is 2.31. The standard InChI is InChI=1S/C25H32N2O2/c1-3-15-26-18-24-25(29-19-21-7-5-4-6-8-21)14-11-22(26)17-27(24)16-20-9-12-23(28-2)13-10-20/h3-10,12-13,22,24-25H,1,11,14-19H2,2H3/t22-,24+,25-/m1/s1. The third kappa shape index (κ3) is 4.89. The largest absolute Gasteiger partial charge is 0.497 e. The van der Waals surface area contributed by atoms with Crippen molar-refractivity contribution in [3.63, 3.8) is 0 Å². The van der Waals surface area contributed by atoms with Gasteiger partial charge in [-0.3, -0.25) is 9.80 Å². The Morgan fingerprint density at radius 3 is 2.48 bits per heavy atom. The number of rotatable bonds is 8. The minimum atomic E-state index is 0.258. The van der Waals surface area contributed by atoms with Crippen LogP contribution in [-0.4, -0.2) is 54.7 Å². The van der Waals surface area contributed by atoms with Crippen LogP contribution in [0.3, 0.4) is 0 Å². The van der Waals surface area contributed by atoms with Gasteiger partial charge in [0.15, 0.2) is 0 Å². The molecule has 3 aliphatic heterocycles. The van der Waals surface area contributed by atoms with Gasteiger partial charge in [0.05, 0.1) is 19.8 Å². The van der Waals surface area contributed by atoms with Crippen molar-refractivity contribution >= 4 is 0 Å². The highest BCUT2D eigenvalue weighted by molar-refractivity contribution is 5.27. The molecule has 0 saturated carbocycles. The van der Waals surface area contributed by atoms with Crippen LogP contribution < -0.4 is 4.74 Å². The van der Waals surface area contributed by atoms with Gasteiger partial charge in [0.1, 0.15) is 5.75 Å². The van der Waals surface area contributed by atoms with Crippen LogP contribution in [0.5, 0.6) is 5.75 Å². The van der Waals surface area contributed by atoms with E-state index in [1.54, 1.807) is 7.11 Å². The van der Waals surface area contributed by atoms with Crippen LogP contribution >= 0.6 is 0 Å². The normalized spacial score (nSPS) is 24.9. The second-order valence-electron chi connectivity index (χ2n) is 8.15. The van der Waals surface area contributed by atoms with Gasteiger partial charge in [-0.25, -0.2) is 0 Å². The van der Waals surface area contributed by atoms with Gasteiger partial charge in [0, 0.05) is 38.3 Å². The zero-order valence-electron chi connectivity index (χ0n) is 17.4. The molecule has 3 aliphatic rings. The summed E-state index contributed by atoms with van der Waals surface area (Å²) in [7, 11) is 1.71. The highest BCUT2D eigenvalue weighted by Gasteiger charge is 2.41. The van der Waals surface area contributed by atoms with Gasteiger partial charge >= 0.3 is 0 Å². The molecule has 5 rings (SSSR count). The fourth-order valence-corrected chi connectivity index (χ4v) is 4.71. The van der Waals surface area contributed by atoms with Crippen molar-refractivity contribution in [1.29, 1.82) is 0 Å². The molecule has 4 heteroatoms. The average molecular weight is 393 g/mol. The van der Waals surface area contributed by atoms with E-state index in [2.05, 4.69) is 71.0 Å². The molecule has 3 heterocycles. The quantitative estimate of drug-likeness (QED) is 0.631. The maximum Gasteiger partial charge on any atom is 0.118 e. The SMILES string of the molecule is C=CCN1C[C@H]2[C@H](OCc3ccccc3)CC[C@@H]1CN2Cc1ccc(OC)cc1. The van der Waals surface area contributed by atoms with Crippen molar-refractivity contribution in [3.8, 4) is 5.75 Å². The van der Waals surface area contributed by atoms with E-state index in [0.29, 0.717) is 18.7 Å². The molecule has 4 nitrogen and oxygen atoms in total. The molecule has 3 atom stereocenters. The van der Waals surface area contributed by atoms with E-state index < -0.39 is 0 Å². The van der Waals surface area contributed by atoms with Crippen molar-refractivity contribution < 1.29 is 9.47 Å². The summed E-state index contributed by atoms with van der Waals surface area (Å²) in [6.45, 7) is 8.71. The molecule has 0 N–H and O–H groups in total. The van der Waals surface area contributed by atoms with E-state index in [-0.39, 0.29) is 6.10 Å². The lowest BCUT2D eigenvalue weighted by atomic mass is 10.0. The summed E-state index contributed by atoms with van der Waals surface area (Å²) < 4.78 is 11.8. The van der Waals surface area contributed by atoms with Crippen LogP contribution in [0.15, 0.2) is 67.3 Å². The average Bonchev–Trinajstić information content (AvgIpc) is 3.03. The Morgan fingerprint density at radius 2 is 1.76 bits per heavy atom. The van der Waals surface area contributed by atoms with Crippen LogP contribution in [0, 0.1) is 0 Å². The molecule has 0 aromatic heterocycles. The van der Waals surface area contributed by atoms with E-state index in [4.69, 9.17) is 9.47 Å². The van der Waals surface area contributed by atoms with E-state index >= 15 is 0 Å². The fourth-order valence-electron chi connectivity index (χ4n) is 4.71. The van der Waals surface area contributed by atoms with Gasteiger partial charge in [0.2, 0.25) is 0 Å². The van der Waals surface area contributed by atoms with Gasteiger partial charge in [-0.15, -0.1) is 6.58 Å². The zero-order chi connectivity index (χ0) is 20.1. The first-order chi connectivity index (χ1) is 14.3. The maximum absolute atomic E-state index is 6.50. The second kappa shape index (κ2) is 9.57. The Bertz CT molecular complexity index is 777. The number of fused-ring (bicyclic) bond motifs is 4. The number of hydrogen-bond acceptors (Lipinski definition) is 4. The summed E-state index contributed by atoms with van der Waals surface area (Å²) in [5.74, 6) is 0.910. The lowest BCUT2D eigenvalue weighted by molar-refractivity contribution is -0.0467. The molecule has 0 aliphatic carbocycles. The molecular formula is C25H32N2O2. The van der Waals surface area contributed by atoms with Crippen LogP contribution in [0.25, 0.3) is 0 Å². The van der Waals surface area contributed by atoms with Gasteiger partial charge in [0.25, 0.3) is 0 Å². The molecule has 154 valence electrons. The molecule has 2 aromatic carbocycles. The lowest BCUT2D eigenvalue weighted by Gasteiger charge is -2.45. The summed E-state index contributed by atoms with van der Waals surface area (Å²) in [6.07, 6.45) is 4.60. The van der Waals surface area contributed by atoms with E-state index in [9.17, 15) is 0 Å². The Morgan fingerprint density at radius 1 is 0.966 bits per heavy atom. The Hall–Kier alpha value is -2.14. The molecule has 2 bridgehead atoms. The number of ether oxygens (including phenoxy) is 2. The molecule has 3 fully saturated rings. The molecule has 0 spiro atoms. The first-order valence-electron chi connectivity index (χ1n) is 10.6. The van der Waals surface area contributed by atoms with Crippen LogP contribution in [0.1, 0.15) is 24.0 Å². The van der Waals surface area contributed by atoms with Crippen molar-refractivity contribution in [2.45, 2.75) is 44.2 Å². The zero-order valence-corrected chi connectivity index (χ0v) is 17.4. The summed E-state index contributed by atoms with van der Waals surface area (Å²) in [5.41, 5.74) is 2.58. The predicted molar refractivity (Wildman–Crippen MR) is 117 cm³/mol. The summed E-state index contributed by atoms with van der Waals surface area (Å²) in [4.78, 5) is 5.22. The fraction of sp³-hybridized carbons (Fsp3) is 0.440. The molecule has 3 saturated heterocycles. The van der Waals surface area contributed by atoms with E-state index in [1.807, 2.05) is 6.08 Å². The number of nitrogens with zero attached hydrogens (tertiary/aromatic N) is 2. The van der Waals surface area contributed by atoms with E-state index in [0.717, 1.165) is 38.3 Å². The van der Waals surface area contributed by atoms with Crippen LogP contribution in [-0.2, 0) is 17.9 Å². The van der Waals surface area contributed by atoms with Gasteiger partial charge < -0.3 is 9.47 Å². The molecule has 0 amide bonds. The summed E-state index contributed by atoms with van der Waals surface area (Å²) >= 11 is 0. The van der Waals surface area contributed by atoms with Crippen molar-refractivity contribution in [3.05, 3.63) is 78.4 Å². The molecule has 29 heavy (non-hydrogen) atoms. The van der Waals surface area contributed by atoms with Crippen LogP contribution in [0.4, 0.5) is 0 Å². The minimum absolute atomic E-state index is 0.258. The number of piperazine rings is 1. The topological polar surface area (TPSA) is 24.9 Å². The lowest BCUT2D eigenvalue weighted by Crippen LogP contribution is -2.58. The minimum Gasteiger partial charge on any atom is -0.497 e. The molecule has 2 aromatic rings. The summed E-state index contributed by atoms with van der Waals surface area (Å²) in [6, 6.07) is 20.0. The molecule has 0 radical (unpaired) electrons. The predicted octanol–water partition coefficient (Wildman–Crippen LogP) is 4.12. The van der Waals surface area contributed by atoms with Crippen molar-refractivity contribution in [2.75, 3.05) is 26.7 Å². The van der Waals surface area contributed by atoms with Gasteiger partial charge in [-0.1, -0.05) is 48.5 Å². The van der Waals surface area contributed by atoms with Gasteiger partial charge in [-0.2, -0.15) is 0 Å². The van der Waals surface area contributed by atoms with Crippen LogP contribution in [0.2, 0.25) is 0 Å². The molecule has 0 unspecified atom stereocenters. The third-order valence-electron chi connectivity index (χ3n) is 6.28. The number of benzene rings is 2. The maximum atomic E-state index is 6.50. The summed E-state index contributed by atoms with van der Waals surface area (Å²) in [5, 5.41) is 0. The van der Waals surface area contributed by atoms with Crippen molar-refractivity contribution in [2.24, 2.45) is 0 Å². The molecular weight excluding hydrogens is 360 g/mol. The van der Waals surface area contributed by atoms with Gasteiger partial charge in [-0.05, 0) is 36.1 Å². The Kier molecular flexibility index (Phi) is 6.65. The van der Waals surface area contributed by atoms with Crippen molar-refractivity contribution in [1.82, 2.24) is 9.80 Å². The first-order valence-corrected chi connectivity index (χ1v) is 10.6. The monoisotopic (exact) mass is 392 g/mol. The smallest absolute Gasteiger partial charge is 0.118 e. The first kappa shape index (κ1) is 20.1. The van der Waals surface area contributed by atoms with E-state index in [1.165, 1.54) is 17.5 Å². The second-order valence-corrected chi connectivity index (χ2v) is 8.15. The number of hydrogen-bond donors (Lipinski definition) is 0.